The number of anilines is 1. The molecule has 0 saturated carbocycles. The molecule has 4 rings (SSSR count). The molecular weight excluding hydrogens is 443 g/mol. The van der Waals surface area contributed by atoms with Crippen LogP contribution in [0, 0.1) is 6.92 Å². The van der Waals surface area contributed by atoms with Crippen LogP contribution in [0.15, 0.2) is 66.7 Å². The third-order valence-electron chi connectivity index (χ3n) is 4.48. The topological polar surface area (TPSA) is 59.8 Å². The molecule has 3 aromatic carbocycles. The molecule has 0 spiro atoms. The Kier molecular flexibility index (Phi) is 5.77. The summed E-state index contributed by atoms with van der Waals surface area (Å²) in [6.07, 6.45) is 0. The third-order valence-corrected chi connectivity index (χ3v) is 5.40. The molecule has 0 atom stereocenters. The summed E-state index contributed by atoms with van der Waals surface area (Å²) in [6, 6.07) is 19.5. The van der Waals surface area contributed by atoms with Crippen molar-refractivity contribution in [1.29, 1.82) is 0 Å². The fourth-order valence-electron chi connectivity index (χ4n) is 2.91. The summed E-state index contributed by atoms with van der Waals surface area (Å²) in [6.45, 7) is 1.89. The van der Waals surface area contributed by atoms with Crippen molar-refractivity contribution >= 4 is 46.4 Å². The first-order chi connectivity index (χ1) is 14.4. The number of carbonyl (C=O) groups is 1. The van der Waals surface area contributed by atoms with Crippen molar-refractivity contribution in [3.63, 3.8) is 0 Å². The van der Waals surface area contributed by atoms with Crippen molar-refractivity contribution in [3.05, 3.63) is 93.2 Å². The Morgan fingerprint density at radius 2 is 1.53 bits per heavy atom. The van der Waals surface area contributed by atoms with E-state index < -0.39 is 5.91 Å². The number of amides is 1. The van der Waals surface area contributed by atoms with E-state index in [9.17, 15) is 4.79 Å². The fraction of sp³-hybridized carbons (Fsp3) is 0.0455. The minimum atomic E-state index is -0.439. The average Bonchev–Trinajstić information content (AvgIpc) is 3.17. The summed E-state index contributed by atoms with van der Waals surface area (Å²) in [5.41, 5.74) is 2.90. The molecule has 0 unspecified atom stereocenters. The first kappa shape index (κ1) is 20.4. The zero-order valence-corrected chi connectivity index (χ0v) is 18.0. The van der Waals surface area contributed by atoms with Crippen LogP contribution in [0.3, 0.4) is 0 Å². The Bertz CT molecular complexity index is 1220. The van der Waals surface area contributed by atoms with E-state index in [1.807, 2.05) is 31.2 Å². The molecule has 1 N–H and O–H groups in total. The molecule has 30 heavy (non-hydrogen) atoms. The summed E-state index contributed by atoms with van der Waals surface area (Å²) >= 11 is 18.2. The summed E-state index contributed by atoms with van der Waals surface area (Å²) in [7, 11) is 0. The van der Waals surface area contributed by atoms with E-state index >= 15 is 0 Å². The van der Waals surface area contributed by atoms with Gasteiger partial charge in [-0.15, -0.1) is 5.10 Å². The monoisotopic (exact) mass is 456 g/mol. The molecule has 0 saturated heterocycles. The van der Waals surface area contributed by atoms with Gasteiger partial charge in [-0.2, -0.15) is 0 Å². The molecule has 5 nitrogen and oxygen atoms in total. The van der Waals surface area contributed by atoms with Crippen molar-refractivity contribution in [1.82, 2.24) is 14.8 Å². The van der Waals surface area contributed by atoms with Gasteiger partial charge >= 0.3 is 0 Å². The lowest BCUT2D eigenvalue weighted by molar-refractivity contribution is 0.101. The van der Waals surface area contributed by atoms with E-state index in [0.717, 1.165) is 16.8 Å². The molecule has 1 heterocycles. The molecule has 1 amide bonds. The van der Waals surface area contributed by atoms with Crippen LogP contribution in [0.5, 0.6) is 0 Å². The second kappa shape index (κ2) is 8.48. The normalized spacial score (nSPS) is 10.8. The lowest BCUT2D eigenvalue weighted by atomic mass is 10.1. The number of nitrogens with zero attached hydrogens (tertiary/aromatic N) is 3. The maximum atomic E-state index is 12.8. The summed E-state index contributed by atoms with van der Waals surface area (Å²) in [5.74, 6) is 0.0820. The predicted octanol–water partition coefficient (Wildman–Crippen LogP) is 6.46. The number of nitrogens with one attached hydrogen (secondary N) is 1. The second-order valence-corrected chi connectivity index (χ2v) is 7.80. The minimum Gasteiger partial charge on any atom is -0.319 e. The smallest absolute Gasteiger partial charge is 0.295 e. The fourth-order valence-corrected chi connectivity index (χ4v) is 3.33. The van der Waals surface area contributed by atoms with E-state index in [0.29, 0.717) is 26.6 Å². The van der Waals surface area contributed by atoms with Crippen LogP contribution < -0.4 is 5.32 Å². The number of rotatable bonds is 4. The standard InChI is InChI=1S/C22H15Cl3N4O/c1-13-18(25)3-2-4-19(13)29-21(14-5-7-15(23)8-6-14)27-20(28-29)22(30)26-17-11-9-16(24)10-12-17/h2-12H,1H3,(H,26,30). The summed E-state index contributed by atoms with van der Waals surface area (Å²) in [5, 5.41) is 9.03. The molecule has 1 aromatic heterocycles. The minimum absolute atomic E-state index is 0.0225. The van der Waals surface area contributed by atoms with Crippen LogP contribution in [0.4, 0.5) is 5.69 Å². The van der Waals surface area contributed by atoms with Gasteiger partial charge in [-0.3, -0.25) is 4.79 Å². The highest BCUT2D eigenvalue weighted by Gasteiger charge is 2.20. The van der Waals surface area contributed by atoms with Crippen molar-refractivity contribution in [2.24, 2.45) is 0 Å². The lowest BCUT2D eigenvalue weighted by Gasteiger charge is -2.10. The molecule has 0 aliphatic carbocycles. The number of hydrogen-bond acceptors (Lipinski definition) is 3. The Labute approximate surface area is 188 Å². The summed E-state index contributed by atoms with van der Waals surface area (Å²) in [4.78, 5) is 17.3. The highest BCUT2D eigenvalue weighted by atomic mass is 35.5. The maximum absolute atomic E-state index is 12.8. The second-order valence-electron chi connectivity index (χ2n) is 6.52. The molecule has 8 heteroatoms. The molecular formula is C22H15Cl3N4O. The van der Waals surface area contributed by atoms with Gasteiger partial charge in [-0.25, -0.2) is 9.67 Å². The lowest BCUT2D eigenvalue weighted by Crippen LogP contribution is -2.14. The predicted molar refractivity (Wildman–Crippen MR) is 121 cm³/mol. The molecule has 150 valence electrons. The average molecular weight is 458 g/mol. The quantitative estimate of drug-likeness (QED) is 0.383. The van der Waals surface area contributed by atoms with E-state index in [2.05, 4.69) is 15.4 Å². The first-order valence-corrected chi connectivity index (χ1v) is 10.1. The number of halogens is 3. The molecule has 0 bridgehead atoms. The first-order valence-electron chi connectivity index (χ1n) is 8.98. The highest BCUT2D eigenvalue weighted by Crippen LogP contribution is 2.27. The number of hydrogen-bond donors (Lipinski definition) is 1. The van der Waals surface area contributed by atoms with Gasteiger partial charge in [-0.1, -0.05) is 40.9 Å². The number of aromatic nitrogens is 3. The maximum Gasteiger partial charge on any atom is 0.295 e. The van der Waals surface area contributed by atoms with Gasteiger partial charge in [0, 0.05) is 26.3 Å². The zero-order valence-electron chi connectivity index (χ0n) is 15.7. The third kappa shape index (κ3) is 4.19. The van der Waals surface area contributed by atoms with Crippen LogP contribution in [0.1, 0.15) is 16.2 Å². The Balaban J connectivity index is 1.79. The van der Waals surface area contributed by atoms with Gasteiger partial charge in [0.15, 0.2) is 5.82 Å². The van der Waals surface area contributed by atoms with Gasteiger partial charge in [0.05, 0.1) is 5.69 Å². The van der Waals surface area contributed by atoms with Crippen LogP contribution in [0.25, 0.3) is 17.1 Å². The number of carbonyl (C=O) groups excluding carboxylic acids is 1. The van der Waals surface area contributed by atoms with Crippen LogP contribution >= 0.6 is 34.8 Å². The largest absolute Gasteiger partial charge is 0.319 e. The molecule has 0 aliphatic rings. The van der Waals surface area contributed by atoms with Gasteiger partial charge < -0.3 is 5.32 Å². The Morgan fingerprint density at radius 3 is 2.20 bits per heavy atom. The van der Waals surface area contributed by atoms with E-state index in [4.69, 9.17) is 34.8 Å². The molecule has 4 aromatic rings. The molecule has 0 aliphatic heterocycles. The van der Waals surface area contributed by atoms with Gasteiger partial charge in [-0.05, 0) is 73.2 Å². The van der Waals surface area contributed by atoms with Gasteiger partial charge in [0.25, 0.3) is 5.91 Å². The van der Waals surface area contributed by atoms with Crippen molar-refractivity contribution < 1.29 is 4.79 Å². The van der Waals surface area contributed by atoms with Crippen LogP contribution in [-0.2, 0) is 0 Å². The Morgan fingerprint density at radius 1 is 0.900 bits per heavy atom. The van der Waals surface area contributed by atoms with Gasteiger partial charge in [0.2, 0.25) is 5.82 Å². The van der Waals surface area contributed by atoms with E-state index in [-0.39, 0.29) is 5.82 Å². The molecule has 0 radical (unpaired) electrons. The van der Waals surface area contributed by atoms with Gasteiger partial charge in [0.1, 0.15) is 0 Å². The van der Waals surface area contributed by atoms with E-state index in [1.165, 1.54) is 0 Å². The highest BCUT2D eigenvalue weighted by molar-refractivity contribution is 6.31. The number of benzene rings is 3. The van der Waals surface area contributed by atoms with Crippen molar-refractivity contribution in [2.75, 3.05) is 5.32 Å². The van der Waals surface area contributed by atoms with Crippen molar-refractivity contribution in [2.45, 2.75) is 6.92 Å². The zero-order chi connectivity index (χ0) is 21.3. The van der Waals surface area contributed by atoms with Crippen molar-refractivity contribution in [3.8, 4) is 17.1 Å². The SMILES string of the molecule is Cc1c(Cl)cccc1-n1nc(C(=O)Nc2ccc(Cl)cc2)nc1-c1ccc(Cl)cc1. The van der Waals surface area contributed by atoms with Crippen LogP contribution in [-0.4, -0.2) is 20.7 Å². The summed E-state index contributed by atoms with van der Waals surface area (Å²) < 4.78 is 1.61. The molecule has 0 fully saturated rings. The Hall–Kier alpha value is -2.86. The van der Waals surface area contributed by atoms with E-state index in [1.54, 1.807) is 47.1 Å². The van der Waals surface area contributed by atoms with Crippen LogP contribution in [0.2, 0.25) is 15.1 Å².